The molecule has 6 heteroatoms. The molecule has 0 unspecified atom stereocenters. The summed E-state index contributed by atoms with van der Waals surface area (Å²) in [6.07, 6.45) is 0.644. The quantitative estimate of drug-likeness (QED) is 0.908. The van der Waals surface area contributed by atoms with E-state index < -0.39 is 0 Å². The first kappa shape index (κ1) is 16.9. The summed E-state index contributed by atoms with van der Waals surface area (Å²) in [6.45, 7) is 4.74. The van der Waals surface area contributed by atoms with Crippen LogP contribution in [0.25, 0.3) is 0 Å². The van der Waals surface area contributed by atoms with Crippen molar-refractivity contribution in [2.75, 3.05) is 13.2 Å². The van der Waals surface area contributed by atoms with Crippen molar-refractivity contribution >= 4 is 11.8 Å². The Bertz CT molecular complexity index is 634. The number of amides is 2. The van der Waals surface area contributed by atoms with Crippen LogP contribution >= 0.6 is 0 Å². The number of benzene rings is 1. The van der Waals surface area contributed by atoms with E-state index in [2.05, 4.69) is 5.32 Å². The predicted molar refractivity (Wildman–Crippen MR) is 86.7 cm³/mol. The van der Waals surface area contributed by atoms with Gasteiger partial charge in [0.15, 0.2) is 0 Å². The van der Waals surface area contributed by atoms with Gasteiger partial charge in [-0.25, -0.2) is 4.39 Å². The summed E-state index contributed by atoms with van der Waals surface area (Å²) >= 11 is 0. The molecule has 24 heavy (non-hydrogen) atoms. The average Bonchev–Trinajstić information content (AvgIpc) is 3.07. The van der Waals surface area contributed by atoms with Crippen LogP contribution in [0.5, 0.6) is 0 Å². The van der Waals surface area contributed by atoms with Gasteiger partial charge in [0.2, 0.25) is 11.8 Å². The number of nitrogens with one attached hydrogen (secondary N) is 1. The van der Waals surface area contributed by atoms with E-state index in [4.69, 9.17) is 4.74 Å². The summed E-state index contributed by atoms with van der Waals surface area (Å²) in [7, 11) is 0. The Balaban J connectivity index is 1.71. The van der Waals surface area contributed by atoms with Crippen LogP contribution in [-0.2, 0) is 20.7 Å². The summed E-state index contributed by atoms with van der Waals surface area (Å²) in [5, 5.41) is 2.91. The molecule has 130 valence electrons. The number of likely N-dealkylation sites (tertiary alicyclic amines) is 1. The molecule has 3 rings (SSSR count). The maximum absolute atomic E-state index is 13.3. The van der Waals surface area contributed by atoms with Gasteiger partial charge in [-0.1, -0.05) is 12.1 Å². The van der Waals surface area contributed by atoms with Crippen LogP contribution in [0.3, 0.4) is 0 Å². The van der Waals surface area contributed by atoms with Gasteiger partial charge < -0.3 is 15.0 Å². The number of hydrogen-bond acceptors (Lipinski definition) is 3. The van der Waals surface area contributed by atoms with Gasteiger partial charge in [0, 0.05) is 19.2 Å². The van der Waals surface area contributed by atoms with Crippen LogP contribution in [0.15, 0.2) is 24.3 Å². The minimum absolute atomic E-state index is 0.0504. The van der Waals surface area contributed by atoms with Crippen LogP contribution in [-0.4, -0.2) is 48.1 Å². The first-order chi connectivity index (χ1) is 11.5. The maximum atomic E-state index is 13.3. The maximum Gasteiger partial charge on any atom is 0.227 e. The molecule has 3 atom stereocenters. The smallest absolute Gasteiger partial charge is 0.227 e. The highest BCUT2D eigenvalue weighted by atomic mass is 19.1. The molecule has 1 aromatic carbocycles. The first-order valence-electron chi connectivity index (χ1n) is 8.41. The number of halogens is 1. The highest BCUT2D eigenvalue weighted by Gasteiger charge is 2.50. The highest BCUT2D eigenvalue weighted by molar-refractivity contribution is 5.84. The Morgan fingerprint density at radius 2 is 2.21 bits per heavy atom. The summed E-state index contributed by atoms with van der Waals surface area (Å²) < 4.78 is 19.0. The van der Waals surface area contributed by atoms with Gasteiger partial charge in [0.1, 0.15) is 5.82 Å². The lowest BCUT2D eigenvalue weighted by molar-refractivity contribution is -0.131. The minimum atomic E-state index is -0.349. The number of hydrogen-bond donors (Lipinski definition) is 1. The molecule has 1 N–H and O–H groups in total. The van der Waals surface area contributed by atoms with Crippen LogP contribution < -0.4 is 5.32 Å². The molecule has 2 saturated heterocycles. The Labute approximate surface area is 141 Å². The molecule has 2 amide bonds. The van der Waals surface area contributed by atoms with Crippen molar-refractivity contribution in [3.63, 3.8) is 0 Å². The average molecular weight is 334 g/mol. The van der Waals surface area contributed by atoms with Crippen molar-refractivity contribution in [1.29, 1.82) is 0 Å². The van der Waals surface area contributed by atoms with Crippen LogP contribution in [0, 0.1) is 11.7 Å². The molecule has 2 aliphatic rings. The lowest BCUT2D eigenvalue weighted by Crippen LogP contribution is -2.41. The lowest BCUT2D eigenvalue weighted by Gasteiger charge is -2.22. The zero-order valence-corrected chi connectivity index (χ0v) is 14.0. The van der Waals surface area contributed by atoms with Crippen LogP contribution in [0.4, 0.5) is 4.39 Å². The van der Waals surface area contributed by atoms with Gasteiger partial charge in [-0.15, -0.1) is 0 Å². The molecule has 0 radical (unpaired) electrons. The third-order valence-corrected chi connectivity index (χ3v) is 4.63. The van der Waals surface area contributed by atoms with Gasteiger partial charge in [-0.05, 0) is 38.0 Å². The van der Waals surface area contributed by atoms with E-state index in [0.717, 1.165) is 6.42 Å². The molecule has 0 aliphatic carbocycles. The fraction of sp³-hybridized carbons (Fsp3) is 0.556. The van der Waals surface area contributed by atoms with E-state index in [1.165, 1.54) is 12.1 Å². The third kappa shape index (κ3) is 3.43. The van der Waals surface area contributed by atoms with Crippen molar-refractivity contribution in [3.05, 3.63) is 35.6 Å². The van der Waals surface area contributed by atoms with Crippen LogP contribution in [0.2, 0.25) is 0 Å². The van der Waals surface area contributed by atoms with Crippen molar-refractivity contribution < 1.29 is 18.7 Å². The van der Waals surface area contributed by atoms with E-state index in [1.807, 2.05) is 13.8 Å². The van der Waals surface area contributed by atoms with Gasteiger partial charge >= 0.3 is 0 Å². The molecule has 2 heterocycles. The van der Waals surface area contributed by atoms with Gasteiger partial charge in [-0.2, -0.15) is 0 Å². The number of ether oxygens (including phenoxy) is 1. The molecule has 2 fully saturated rings. The second-order valence-electron chi connectivity index (χ2n) is 6.81. The van der Waals surface area contributed by atoms with E-state index in [-0.39, 0.29) is 48.2 Å². The van der Waals surface area contributed by atoms with E-state index in [0.29, 0.717) is 18.7 Å². The molecule has 2 aliphatic heterocycles. The first-order valence-corrected chi connectivity index (χ1v) is 8.41. The standard InChI is InChI=1S/C18H23FN2O3/c1-11(2)20-18(23)14-10-21(15-6-7-24-17(14)15)16(22)9-12-4-3-5-13(19)8-12/h3-5,8,11,14-15,17H,6-7,9-10H2,1-2H3,(H,20,23)/t14-,15+,17-/m1/s1. The zero-order valence-electron chi connectivity index (χ0n) is 14.0. The number of rotatable bonds is 4. The fourth-order valence-corrected chi connectivity index (χ4v) is 3.60. The SMILES string of the molecule is CC(C)NC(=O)[C@@H]1CN(C(=O)Cc2cccc(F)c2)[C@H]2CCO[C@H]12. The number of carbonyl (C=O) groups excluding carboxylic acids is 2. The van der Waals surface area contributed by atoms with Crippen molar-refractivity contribution in [2.45, 2.75) is 44.9 Å². The number of fused-ring (bicyclic) bond motifs is 1. The molecule has 1 aromatic rings. The third-order valence-electron chi connectivity index (χ3n) is 4.63. The second-order valence-corrected chi connectivity index (χ2v) is 6.81. The summed E-state index contributed by atoms with van der Waals surface area (Å²) in [5.74, 6) is -0.835. The van der Waals surface area contributed by atoms with Crippen LogP contribution in [0.1, 0.15) is 25.8 Å². The Kier molecular flexibility index (Phi) is 4.85. The molecular weight excluding hydrogens is 311 g/mol. The Morgan fingerprint density at radius 3 is 2.92 bits per heavy atom. The summed E-state index contributed by atoms with van der Waals surface area (Å²) in [6, 6.07) is 6.06. The monoisotopic (exact) mass is 334 g/mol. The molecule has 0 bridgehead atoms. The minimum Gasteiger partial charge on any atom is -0.375 e. The Hall–Kier alpha value is -1.95. The Morgan fingerprint density at radius 1 is 1.42 bits per heavy atom. The normalized spacial score (nSPS) is 25.8. The number of nitrogens with zero attached hydrogens (tertiary/aromatic N) is 1. The van der Waals surface area contributed by atoms with E-state index in [9.17, 15) is 14.0 Å². The molecule has 5 nitrogen and oxygen atoms in total. The topological polar surface area (TPSA) is 58.6 Å². The zero-order chi connectivity index (χ0) is 17.3. The molecule has 0 spiro atoms. The van der Waals surface area contributed by atoms with Gasteiger partial charge in [0.25, 0.3) is 0 Å². The van der Waals surface area contributed by atoms with Crippen molar-refractivity contribution in [1.82, 2.24) is 10.2 Å². The lowest BCUT2D eigenvalue weighted by atomic mass is 10.0. The number of carbonyl (C=O) groups is 2. The molecular formula is C18H23FN2O3. The highest BCUT2D eigenvalue weighted by Crippen LogP contribution is 2.34. The largest absolute Gasteiger partial charge is 0.375 e. The van der Waals surface area contributed by atoms with E-state index in [1.54, 1.807) is 17.0 Å². The fourth-order valence-electron chi connectivity index (χ4n) is 3.60. The van der Waals surface area contributed by atoms with Crippen molar-refractivity contribution in [3.8, 4) is 0 Å². The second kappa shape index (κ2) is 6.89. The summed E-state index contributed by atoms with van der Waals surface area (Å²) in [5.41, 5.74) is 0.644. The van der Waals surface area contributed by atoms with E-state index >= 15 is 0 Å². The van der Waals surface area contributed by atoms with Gasteiger partial charge in [0.05, 0.1) is 24.5 Å². The van der Waals surface area contributed by atoms with Gasteiger partial charge in [-0.3, -0.25) is 9.59 Å². The molecule has 0 aromatic heterocycles. The summed E-state index contributed by atoms with van der Waals surface area (Å²) in [4.78, 5) is 26.8. The van der Waals surface area contributed by atoms with Crippen molar-refractivity contribution in [2.24, 2.45) is 5.92 Å². The predicted octanol–water partition coefficient (Wildman–Crippen LogP) is 1.51. The molecule has 0 saturated carbocycles.